The van der Waals surface area contributed by atoms with Gasteiger partial charge in [-0.3, -0.25) is 4.79 Å². The zero-order valence-corrected chi connectivity index (χ0v) is 18.4. The summed E-state index contributed by atoms with van der Waals surface area (Å²) in [6, 6.07) is 10.8. The van der Waals surface area contributed by atoms with Crippen LogP contribution >= 0.6 is 22.6 Å². The molecule has 0 saturated heterocycles. The smallest absolute Gasteiger partial charge is 0.207 e. The molecule has 23 heavy (non-hydrogen) atoms. The fraction of sp³-hybridized carbons (Fsp3) is 0.278. The molecular formula is C18H17INO2Y-. The Bertz CT molecular complexity index is 803. The summed E-state index contributed by atoms with van der Waals surface area (Å²) in [7, 11) is 0. The van der Waals surface area contributed by atoms with Gasteiger partial charge in [0.1, 0.15) is 12.4 Å². The van der Waals surface area contributed by atoms with Crippen LogP contribution in [-0.2, 0) is 39.3 Å². The minimum atomic E-state index is 0. The zero-order valence-electron chi connectivity index (χ0n) is 13.4. The normalized spacial score (nSPS) is 9.57. The zero-order chi connectivity index (χ0) is 16.1. The molecule has 0 bridgehead atoms. The topological polar surface area (TPSA) is 31.2 Å². The quantitative estimate of drug-likeness (QED) is 0.369. The first-order chi connectivity index (χ1) is 10.6. The first-order valence-corrected chi connectivity index (χ1v) is 8.10. The number of aryl methyl sites for hydroxylation is 1. The fourth-order valence-corrected chi connectivity index (χ4v) is 2.66. The van der Waals surface area contributed by atoms with Gasteiger partial charge >= 0.3 is 0 Å². The molecule has 0 amide bonds. The first kappa shape index (κ1) is 20.4. The average Bonchev–Trinajstić information content (AvgIpc) is 2.51. The minimum absolute atomic E-state index is 0. The maximum atomic E-state index is 12.2. The van der Waals surface area contributed by atoms with Crippen LogP contribution in [-0.4, -0.2) is 11.2 Å². The maximum absolute atomic E-state index is 12.2. The van der Waals surface area contributed by atoms with Crippen LogP contribution in [0.4, 0.5) is 0 Å². The van der Waals surface area contributed by atoms with Crippen molar-refractivity contribution in [3.05, 3.63) is 49.8 Å². The third kappa shape index (κ3) is 4.92. The fourth-order valence-electron chi connectivity index (χ4n) is 2.21. The van der Waals surface area contributed by atoms with Gasteiger partial charge in [0.25, 0.3) is 0 Å². The molecule has 0 spiro atoms. The molecule has 2 aromatic rings. The second-order valence-electron chi connectivity index (χ2n) is 4.73. The number of nitrogens with zero attached hydrogens (tertiary/aromatic N) is 1. The van der Waals surface area contributed by atoms with Crippen molar-refractivity contribution in [3.63, 3.8) is 0 Å². The van der Waals surface area contributed by atoms with Gasteiger partial charge in [0.05, 0.1) is 0 Å². The largest absolute Gasteiger partial charge is 0.481 e. The molecule has 0 fully saturated rings. The Hall–Kier alpha value is -0.636. The molecule has 0 atom stereocenters. The Morgan fingerprint density at radius 2 is 2.13 bits per heavy atom. The van der Waals surface area contributed by atoms with E-state index in [1.165, 1.54) is 0 Å². The summed E-state index contributed by atoms with van der Waals surface area (Å²) < 4.78 is 7.99. The third-order valence-corrected chi connectivity index (χ3v) is 4.08. The summed E-state index contributed by atoms with van der Waals surface area (Å²) >= 11 is 2.04. The van der Waals surface area contributed by atoms with E-state index in [-0.39, 0.29) is 38.3 Å². The van der Waals surface area contributed by atoms with Crippen LogP contribution in [0.2, 0.25) is 0 Å². The number of hydrogen-bond acceptors (Lipinski definition) is 2. The van der Waals surface area contributed by atoms with E-state index in [2.05, 4.69) is 17.9 Å². The summed E-state index contributed by atoms with van der Waals surface area (Å²) in [4.78, 5) is 12.2. The number of hydrogen-bond donors (Lipinski definition) is 0. The third-order valence-electron chi connectivity index (χ3n) is 3.31. The molecule has 0 aliphatic rings. The first-order valence-electron chi connectivity index (χ1n) is 7.03. The van der Waals surface area contributed by atoms with Crippen LogP contribution in [0.15, 0.2) is 29.1 Å². The summed E-state index contributed by atoms with van der Waals surface area (Å²) in [6.45, 7) is 6.75. The van der Waals surface area contributed by atoms with Crippen molar-refractivity contribution in [2.24, 2.45) is 0 Å². The number of benzene rings is 1. The van der Waals surface area contributed by atoms with E-state index in [1.807, 2.05) is 54.6 Å². The molecule has 0 saturated carbocycles. The molecule has 1 heterocycles. The van der Waals surface area contributed by atoms with Crippen LogP contribution in [0.25, 0.3) is 11.3 Å². The Morgan fingerprint density at radius 1 is 1.39 bits per heavy atom. The van der Waals surface area contributed by atoms with E-state index in [4.69, 9.17) is 4.74 Å². The van der Waals surface area contributed by atoms with Gasteiger partial charge in [-0.2, -0.15) is 12.1 Å². The van der Waals surface area contributed by atoms with Crippen molar-refractivity contribution in [2.45, 2.75) is 27.3 Å². The van der Waals surface area contributed by atoms with Gasteiger partial charge < -0.3 is 9.30 Å². The van der Waals surface area contributed by atoms with E-state index < -0.39 is 0 Å². The Morgan fingerprint density at radius 3 is 2.74 bits per heavy atom. The van der Waals surface area contributed by atoms with Gasteiger partial charge in [0.2, 0.25) is 5.56 Å². The van der Waals surface area contributed by atoms with E-state index in [0.717, 1.165) is 22.6 Å². The number of pyridine rings is 1. The van der Waals surface area contributed by atoms with Crippen molar-refractivity contribution in [1.29, 1.82) is 0 Å². The van der Waals surface area contributed by atoms with Gasteiger partial charge in [-0.1, -0.05) is 29.7 Å². The van der Waals surface area contributed by atoms with E-state index >= 15 is 0 Å². The van der Waals surface area contributed by atoms with Crippen molar-refractivity contribution in [2.75, 3.05) is 6.61 Å². The standard InChI is InChI=1S/C18H17INO2.Y/c1-4-6-11-22-14-7-8-15(13(3)12-14)17-10-9-16(19)18(21)20(17)5-2;/h7-9,12H,5,11H2,1-3H3;/q-1;. The molecule has 3 nitrogen and oxygen atoms in total. The molecule has 0 aliphatic carbocycles. The Kier molecular flexibility index (Phi) is 8.53. The molecule has 2 rings (SSSR count). The predicted octanol–water partition coefficient (Wildman–Crippen LogP) is 3.65. The van der Waals surface area contributed by atoms with Gasteiger partial charge in [-0.05, 0) is 29.6 Å². The molecule has 5 heteroatoms. The summed E-state index contributed by atoms with van der Waals surface area (Å²) in [5.41, 5.74) is 2.87. The van der Waals surface area contributed by atoms with Crippen LogP contribution < -0.4 is 10.3 Å². The van der Waals surface area contributed by atoms with Crippen LogP contribution in [0, 0.1) is 28.4 Å². The monoisotopic (exact) mass is 495 g/mol. The Balaban J connectivity index is 0.00000264. The minimum Gasteiger partial charge on any atom is -0.481 e. The molecule has 117 valence electrons. The van der Waals surface area contributed by atoms with Crippen LogP contribution in [0.5, 0.6) is 5.75 Å². The molecule has 1 radical (unpaired) electrons. The summed E-state index contributed by atoms with van der Waals surface area (Å²) in [6.07, 6.45) is 0. The number of rotatable bonds is 4. The Labute approximate surface area is 175 Å². The van der Waals surface area contributed by atoms with Crippen LogP contribution in [0.1, 0.15) is 19.4 Å². The number of ether oxygens (including phenoxy) is 1. The van der Waals surface area contributed by atoms with Gasteiger partial charge in [0, 0.05) is 39.3 Å². The van der Waals surface area contributed by atoms with Gasteiger partial charge in [0.15, 0.2) is 0 Å². The SMILES string of the molecule is CC#CCOc1ccc(-c2[c-]cc(I)c(=O)n2CC)c(C)c1.[Y]. The van der Waals surface area contributed by atoms with E-state index in [0.29, 0.717) is 16.7 Å². The average molecular weight is 495 g/mol. The molecule has 1 aromatic heterocycles. The summed E-state index contributed by atoms with van der Waals surface area (Å²) in [5, 5.41) is 0. The molecular weight excluding hydrogens is 478 g/mol. The second kappa shape index (κ2) is 9.61. The van der Waals surface area contributed by atoms with Gasteiger partial charge in [-0.25, -0.2) is 0 Å². The molecule has 0 aliphatic heterocycles. The predicted molar refractivity (Wildman–Crippen MR) is 97.0 cm³/mol. The van der Waals surface area contributed by atoms with Gasteiger partial charge in [-0.15, -0.1) is 34.6 Å². The molecule has 0 N–H and O–H groups in total. The summed E-state index contributed by atoms with van der Waals surface area (Å²) in [5.74, 6) is 6.45. The van der Waals surface area contributed by atoms with E-state index in [9.17, 15) is 4.79 Å². The number of aromatic nitrogens is 1. The van der Waals surface area contributed by atoms with Crippen LogP contribution in [0.3, 0.4) is 0 Å². The van der Waals surface area contributed by atoms with Crippen molar-refractivity contribution in [1.82, 2.24) is 4.57 Å². The number of halogens is 1. The van der Waals surface area contributed by atoms with Crippen molar-refractivity contribution < 1.29 is 37.4 Å². The van der Waals surface area contributed by atoms with Crippen molar-refractivity contribution >= 4 is 22.6 Å². The van der Waals surface area contributed by atoms with Crippen molar-refractivity contribution in [3.8, 4) is 28.8 Å². The second-order valence-corrected chi connectivity index (χ2v) is 5.89. The molecule has 0 unspecified atom stereocenters. The maximum Gasteiger partial charge on any atom is 0.207 e. The van der Waals surface area contributed by atoms with E-state index in [1.54, 1.807) is 17.6 Å². The molecule has 1 aromatic carbocycles.